The predicted molar refractivity (Wildman–Crippen MR) is 188 cm³/mol. The molecule has 0 spiro atoms. The normalized spacial score (nSPS) is 11.7. The number of hydrogen-bond donors (Lipinski definition) is 1. The minimum Gasteiger partial charge on any atom is -0.319 e. The van der Waals surface area contributed by atoms with E-state index < -0.39 is 11.1 Å². The Balaban J connectivity index is 1.28. The molecule has 224 valence electrons. The first-order chi connectivity index (χ1) is 22.8. The summed E-state index contributed by atoms with van der Waals surface area (Å²) in [5.74, 6) is 0. The molecule has 0 bridgehead atoms. The number of aromatic nitrogens is 2. The Morgan fingerprint density at radius 3 is 1.11 bits per heavy atom. The molecular weight excluding hydrogens is 558 g/mol. The number of nitrogens with one attached hydrogen (secondary N) is 1. The third kappa shape index (κ3) is 5.36. The van der Waals surface area contributed by atoms with Crippen molar-refractivity contribution in [2.75, 3.05) is 6.54 Å². The first kappa shape index (κ1) is 29.2. The third-order valence-electron chi connectivity index (χ3n) is 8.99. The molecule has 0 aliphatic carbocycles. The molecule has 0 amide bonds. The van der Waals surface area contributed by atoms with Gasteiger partial charge in [-0.05, 0) is 33.4 Å². The van der Waals surface area contributed by atoms with Gasteiger partial charge in [-0.3, -0.25) is 5.32 Å². The summed E-state index contributed by atoms with van der Waals surface area (Å²) >= 11 is 0. The van der Waals surface area contributed by atoms with Crippen molar-refractivity contribution in [2.45, 2.75) is 17.5 Å². The summed E-state index contributed by atoms with van der Waals surface area (Å²) < 4.78 is 2.29. The van der Waals surface area contributed by atoms with Gasteiger partial charge in [-0.2, -0.15) is 0 Å². The first-order valence-corrected chi connectivity index (χ1v) is 15.9. The van der Waals surface area contributed by atoms with Crippen molar-refractivity contribution in [3.8, 4) is 0 Å². The maximum atomic E-state index is 5.02. The molecule has 1 heterocycles. The highest BCUT2D eigenvalue weighted by Crippen LogP contribution is 2.41. The van der Waals surface area contributed by atoms with E-state index in [1.807, 2.05) is 6.33 Å². The lowest BCUT2D eigenvalue weighted by molar-refractivity contribution is 0.474. The van der Waals surface area contributed by atoms with Crippen LogP contribution in [0.5, 0.6) is 0 Å². The molecule has 46 heavy (non-hydrogen) atoms. The molecule has 6 aromatic carbocycles. The lowest BCUT2D eigenvalue weighted by Gasteiger charge is -2.37. The van der Waals surface area contributed by atoms with Crippen LogP contribution in [-0.4, -0.2) is 16.1 Å². The van der Waals surface area contributed by atoms with Crippen molar-refractivity contribution in [2.24, 2.45) is 0 Å². The van der Waals surface area contributed by atoms with Gasteiger partial charge in [0.05, 0.1) is 17.6 Å². The molecule has 7 rings (SSSR count). The number of hydrogen-bond acceptors (Lipinski definition) is 2. The molecule has 0 aliphatic heterocycles. The van der Waals surface area contributed by atoms with Crippen molar-refractivity contribution < 1.29 is 0 Å². The van der Waals surface area contributed by atoms with E-state index in [0.717, 1.165) is 18.7 Å². The summed E-state index contributed by atoms with van der Waals surface area (Å²) in [4.78, 5) is 5.02. The van der Waals surface area contributed by atoms with Crippen LogP contribution < -0.4 is 5.32 Å². The Kier molecular flexibility index (Phi) is 8.40. The number of nitrogens with zero attached hydrogens (tertiary/aromatic N) is 2. The van der Waals surface area contributed by atoms with Crippen LogP contribution in [0.3, 0.4) is 0 Å². The van der Waals surface area contributed by atoms with Gasteiger partial charge < -0.3 is 4.57 Å². The molecule has 3 heteroatoms. The fraction of sp³-hybridized carbons (Fsp3) is 0.0930. The molecule has 0 unspecified atom stereocenters. The summed E-state index contributed by atoms with van der Waals surface area (Å²) in [5.41, 5.74) is 7.10. The number of rotatable bonds is 11. The Bertz CT molecular complexity index is 1740. The van der Waals surface area contributed by atoms with Crippen LogP contribution >= 0.6 is 0 Å². The molecule has 7 aromatic rings. The van der Waals surface area contributed by atoms with Gasteiger partial charge >= 0.3 is 0 Å². The lowest BCUT2D eigenvalue weighted by Crippen LogP contribution is -2.45. The van der Waals surface area contributed by atoms with Gasteiger partial charge in [-0.25, -0.2) is 4.98 Å². The number of benzene rings is 6. The van der Waals surface area contributed by atoms with Crippen LogP contribution in [0.15, 0.2) is 195 Å². The first-order valence-electron chi connectivity index (χ1n) is 15.9. The summed E-state index contributed by atoms with van der Waals surface area (Å²) in [6.45, 7) is 0.727. The molecule has 0 atom stereocenters. The van der Waals surface area contributed by atoms with Crippen LogP contribution in [0.2, 0.25) is 0 Å². The molecule has 0 saturated carbocycles. The van der Waals surface area contributed by atoms with E-state index in [1.165, 1.54) is 33.4 Å². The van der Waals surface area contributed by atoms with Gasteiger partial charge in [0.15, 0.2) is 0 Å². The maximum absolute atomic E-state index is 5.02. The van der Waals surface area contributed by atoms with E-state index in [-0.39, 0.29) is 0 Å². The van der Waals surface area contributed by atoms with Crippen molar-refractivity contribution in [1.82, 2.24) is 14.9 Å². The second-order valence-corrected chi connectivity index (χ2v) is 11.6. The van der Waals surface area contributed by atoms with Crippen LogP contribution in [0.25, 0.3) is 0 Å². The quantitative estimate of drug-likeness (QED) is 0.151. The zero-order chi connectivity index (χ0) is 31.1. The predicted octanol–water partition coefficient (Wildman–Crippen LogP) is 8.85. The summed E-state index contributed by atoms with van der Waals surface area (Å²) in [7, 11) is 0. The third-order valence-corrected chi connectivity index (χ3v) is 8.99. The second-order valence-electron chi connectivity index (χ2n) is 11.6. The standard InChI is InChI=1S/C43H37N3/c1-7-19-35(20-8-1)42(36-21-9-2-10-22-36,37-23-11-3-12-24-37)45-32-31-41-33-46(34-44-41)43(38-25-13-4-14-26-38,39-27-15-5-16-28-39)40-29-17-6-18-30-40/h1-30,33-34,45H,31-32H2. The molecular formula is C43H37N3. The molecule has 0 aliphatic rings. The van der Waals surface area contributed by atoms with E-state index in [9.17, 15) is 0 Å². The van der Waals surface area contributed by atoms with Gasteiger partial charge in [-0.1, -0.05) is 182 Å². The maximum Gasteiger partial charge on any atom is 0.121 e. The van der Waals surface area contributed by atoms with E-state index >= 15 is 0 Å². The van der Waals surface area contributed by atoms with Gasteiger partial charge in [0.2, 0.25) is 0 Å². The van der Waals surface area contributed by atoms with E-state index in [2.05, 4.69) is 198 Å². The van der Waals surface area contributed by atoms with Gasteiger partial charge in [0.25, 0.3) is 0 Å². The van der Waals surface area contributed by atoms with Crippen molar-refractivity contribution in [3.05, 3.63) is 234 Å². The molecule has 0 radical (unpaired) electrons. The average Bonchev–Trinajstić information content (AvgIpc) is 3.62. The monoisotopic (exact) mass is 595 g/mol. The van der Waals surface area contributed by atoms with Gasteiger partial charge in [-0.15, -0.1) is 0 Å². The Morgan fingerprint density at radius 2 is 0.761 bits per heavy atom. The van der Waals surface area contributed by atoms with E-state index in [1.54, 1.807) is 0 Å². The summed E-state index contributed by atoms with van der Waals surface area (Å²) in [6.07, 6.45) is 4.99. The van der Waals surface area contributed by atoms with Gasteiger partial charge in [0.1, 0.15) is 5.54 Å². The zero-order valence-corrected chi connectivity index (χ0v) is 25.8. The minimum absolute atomic E-state index is 0.520. The zero-order valence-electron chi connectivity index (χ0n) is 25.8. The largest absolute Gasteiger partial charge is 0.319 e. The highest BCUT2D eigenvalue weighted by Gasteiger charge is 2.39. The minimum atomic E-state index is -0.579. The highest BCUT2D eigenvalue weighted by atomic mass is 15.1. The Hall–Kier alpha value is -5.51. The van der Waals surface area contributed by atoms with E-state index in [0.29, 0.717) is 0 Å². The van der Waals surface area contributed by atoms with Crippen LogP contribution in [0.4, 0.5) is 0 Å². The topological polar surface area (TPSA) is 29.9 Å². The molecule has 0 fully saturated rings. The Morgan fingerprint density at radius 1 is 0.435 bits per heavy atom. The van der Waals surface area contributed by atoms with Crippen LogP contribution in [0.1, 0.15) is 39.1 Å². The molecule has 0 saturated heterocycles. The SMILES string of the molecule is c1ccc(C(NCCc2cn(C(c3ccccc3)(c3ccccc3)c3ccccc3)cn2)(c2ccccc2)c2ccccc2)cc1. The molecule has 1 aromatic heterocycles. The second kappa shape index (κ2) is 13.2. The lowest BCUT2D eigenvalue weighted by atomic mass is 9.76. The van der Waals surface area contributed by atoms with Crippen molar-refractivity contribution in [1.29, 1.82) is 0 Å². The van der Waals surface area contributed by atoms with E-state index in [4.69, 9.17) is 4.98 Å². The molecule has 1 N–H and O–H groups in total. The van der Waals surface area contributed by atoms with Crippen molar-refractivity contribution in [3.63, 3.8) is 0 Å². The number of imidazole rings is 1. The highest BCUT2D eigenvalue weighted by molar-refractivity contribution is 5.51. The smallest absolute Gasteiger partial charge is 0.121 e. The van der Waals surface area contributed by atoms with Crippen molar-refractivity contribution >= 4 is 0 Å². The average molecular weight is 596 g/mol. The summed E-state index contributed by atoms with van der Waals surface area (Å²) in [5, 5.41) is 4.02. The fourth-order valence-electron chi connectivity index (χ4n) is 6.91. The Labute approximate surface area is 271 Å². The summed E-state index contributed by atoms with van der Waals surface area (Å²) in [6, 6.07) is 64.5. The fourth-order valence-corrected chi connectivity index (χ4v) is 6.91. The van der Waals surface area contributed by atoms with Crippen LogP contribution in [0, 0.1) is 0 Å². The van der Waals surface area contributed by atoms with Gasteiger partial charge in [0, 0.05) is 19.2 Å². The molecule has 3 nitrogen and oxygen atoms in total. The van der Waals surface area contributed by atoms with Crippen LogP contribution in [-0.2, 0) is 17.5 Å².